The van der Waals surface area contributed by atoms with E-state index in [-0.39, 0.29) is 18.1 Å². The van der Waals surface area contributed by atoms with Crippen LogP contribution in [0.4, 0.5) is 0 Å². The molecule has 8 heteroatoms. The van der Waals surface area contributed by atoms with Gasteiger partial charge in [-0.15, -0.1) is 0 Å². The van der Waals surface area contributed by atoms with Crippen LogP contribution in [0.15, 0.2) is 53.4 Å². The Morgan fingerprint density at radius 2 is 1.63 bits per heavy atom. The first-order chi connectivity index (χ1) is 14.4. The molecule has 1 fully saturated rings. The molecule has 162 valence electrons. The molecule has 0 bridgehead atoms. The van der Waals surface area contributed by atoms with E-state index in [1.54, 1.807) is 48.5 Å². The third kappa shape index (κ3) is 5.31. The molecule has 30 heavy (non-hydrogen) atoms. The van der Waals surface area contributed by atoms with Crippen LogP contribution in [0.1, 0.15) is 25.3 Å². The minimum Gasteiger partial charge on any atom is -0.494 e. The van der Waals surface area contributed by atoms with Crippen LogP contribution in [-0.2, 0) is 19.6 Å². The average Bonchev–Trinajstić information content (AvgIpc) is 3.24. The SMILES string of the molecule is CCOc1ccc(OCCOC(=O)[C@H]2CCCN2S(=O)(=O)c2ccc(C)cc2)cc1. The summed E-state index contributed by atoms with van der Waals surface area (Å²) in [6, 6.07) is 13.0. The Kier molecular flexibility index (Phi) is 7.33. The molecule has 1 saturated heterocycles. The summed E-state index contributed by atoms with van der Waals surface area (Å²) in [4.78, 5) is 12.7. The van der Waals surface area contributed by atoms with Crippen molar-refractivity contribution in [3.8, 4) is 11.5 Å². The molecule has 1 aliphatic heterocycles. The van der Waals surface area contributed by atoms with Gasteiger partial charge in [-0.1, -0.05) is 17.7 Å². The van der Waals surface area contributed by atoms with E-state index in [0.717, 1.165) is 11.3 Å². The molecule has 1 atom stereocenters. The summed E-state index contributed by atoms with van der Waals surface area (Å²) < 4.78 is 43.3. The standard InChI is InChI=1S/C22H27NO6S/c1-3-27-18-8-10-19(11-9-18)28-15-16-29-22(24)21-5-4-14-23(21)30(25,26)20-12-6-17(2)7-13-20/h6-13,21H,3-5,14-16H2,1-2H3/t21-/m1/s1. The van der Waals surface area contributed by atoms with Crippen LogP contribution in [0.3, 0.4) is 0 Å². The highest BCUT2D eigenvalue weighted by molar-refractivity contribution is 7.89. The van der Waals surface area contributed by atoms with Crippen molar-refractivity contribution in [3.05, 3.63) is 54.1 Å². The van der Waals surface area contributed by atoms with E-state index >= 15 is 0 Å². The van der Waals surface area contributed by atoms with Gasteiger partial charge in [0.1, 0.15) is 30.8 Å². The molecule has 0 saturated carbocycles. The normalized spacial score (nSPS) is 16.9. The molecule has 2 aromatic carbocycles. The minimum atomic E-state index is -3.74. The van der Waals surface area contributed by atoms with E-state index in [1.165, 1.54) is 4.31 Å². The molecular weight excluding hydrogens is 406 g/mol. The second-order valence-electron chi connectivity index (χ2n) is 7.01. The number of hydrogen-bond acceptors (Lipinski definition) is 6. The van der Waals surface area contributed by atoms with Crippen molar-refractivity contribution in [3.63, 3.8) is 0 Å². The van der Waals surface area contributed by atoms with E-state index in [1.807, 2.05) is 13.8 Å². The third-order valence-electron chi connectivity index (χ3n) is 4.83. The van der Waals surface area contributed by atoms with Gasteiger partial charge in [-0.2, -0.15) is 4.31 Å². The van der Waals surface area contributed by atoms with Gasteiger partial charge in [0.2, 0.25) is 10.0 Å². The van der Waals surface area contributed by atoms with E-state index in [4.69, 9.17) is 14.2 Å². The quantitative estimate of drug-likeness (QED) is 0.446. The lowest BCUT2D eigenvalue weighted by atomic mass is 10.2. The fourth-order valence-corrected chi connectivity index (χ4v) is 4.95. The molecule has 0 aromatic heterocycles. The van der Waals surface area contributed by atoms with Crippen LogP contribution in [0.2, 0.25) is 0 Å². The maximum Gasteiger partial charge on any atom is 0.324 e. The van der Waals surface area contributed by atoms with Gasteiger partial charge in [0.05, 0.1) is 11.5 Å². The summed E-state index contributed by atoms with van der Waals surface area (Å²) in [6.45, 7) is 4.92. The Balaban J connectivity index is 1.52. The van der Waals surface area contributed by atoms with Crippen LogP contribution < -0.4 is 9.47 Å². The molecule has 3 rings (SSSR count). The van der Waals surface area contributed by atoms with Gasteiger partial charge >= 0.3 is 5.97 Å². The monoisotopic (exact) mass is 433 g/mol. The number of benzene rings is 2. The molecule has 0 spiro atoms. The summed E-state index contributed by atoms with van der Waals surface area (Å²) in [6.07, 6.45) is 1.07. The minimum absolute atomic E-state index is 0.0426. The first-order valence-electron chi connectivity index (χ1n) is 10.0. The molecule has 2 aromatic rings. The van der Waals surface area contributed by atoms with Crippen molar-refractivity contribution in [2.24, 2.45) is 0 Å². The molecule has 0 N–H and O–H groups in total. The van der Waals surface area contributed by atoms with E-state index < -0.39 is 22.0 Å². The lowest BCUT2D eigenvalue weighted by Crippen LogP contribution is -2.41. The second kappa shape index (κ2) is 9.95. The number of sulfonamides is 1. The number of aryl methyl sites for hydroxylation is 1. The lowest BCUT2D eigenvalue weighted by Gasteiger charge is -2.22. The Morgan fingerprint density at radius 3 is 2.27 bits per heavy atom. The zero-order valence-electron chi connectivity index (χ0n) is 17.2. The van der Waals surface area contributed by atoms with E-state index in [2.05, 4.69) is 0 Å². The highest BCUT2D eigenvalue weighted by atomic mass is 32.2. The summed E-state index contributed by atoms with van der Waals surface area (Å²) in [7, 11) is -3.74. The van der Waals surface area contributed by atoms with Gasteiger partial charge in [-0.25, -0.2) is 8.42 Å². The molecule has 0 radical (unpaired) electrons. The molecule has 0 aliphatic carbocycles. The predicted molar refractivity (Wildman–Crippen MR) is 112 cm³/mol. The number of ether oxygens (including phenoxy) is 3. The number of esters is 1. The third-order valence-corrected chi connectivity index (χ3v) is 6.76. The van der Waals surface area contributed by atoms with E-state index in [9.17, 15) is 13.2 Å². The fourth-order valence-electron chi connectivity index (χ4n) is 3.31. The van der Waals surface area contributed by atoms with Crippen LogP contribution in [-0.4, -0.2) is 51.1 Å². The molecule has 0 unspecified atom stereocenters. The molecule has 1 heterocycles. The number of hydrogen-bond donors (Lipinski definition) is 0. The van der Waals surface area contributed by atoms with Gasteiger partial charge in [0.15, 0.2) is 0 Å². The van der Waals surface area contributed by atoms with Crippen molar-refractivity contribution in [1.29, 1.82) is 0 Å². The molecule has 7 nitrogen and oxygen atoms in total. The Bertz CT molecular complexity index is 941. The smallest absolute Gasteiger partial charge is 0.324 e. The maximum atomic E-state index is 12.9. The van der Waals surface area contributed by atoms with Crippen molar-refractivity contribution >= 4 is 16.0 Å². The number of carbonyl (C=O) groups is 1. The largest absolute Gasteiger partial charge is 0.494 e. The van der Waals surface area contributed by atoms with Crippen LogP contribution in [0.5, 0.6) is 11.5 Å². The van der Waals surface area contributed by atoms with Crippen LogP contribution in [0, 0.1) is 6.92 Å². The van der Waals surface area contributed by atoms with Gasteiger partial charge < -0.3 is 14.2 Å². The van der Waals surface area contributed by atoms with Gasteiger partial charge in [0, 0.05) is 6.54 Å². The van der Waals surface area contributed by atoms with Crippen molar-refractivity contribution < 1.29 is 27.4 Å². The fraction of sp³-hybridized carbons (Fsp3) is 0.409. The predicted octanol–water partition coefficient (Wildman–Crippen LogP) is 3.17. The zero-order chi connectivity index (χ0) is 21.6. The Labute approximate surface area is 177 Å². The number of carbonyl (C=O) groups excluding carboxylic acids is 1. The molecule has 1 aliphatic rings. The zero-order valence-corrected chi connectivity index (χ0v) is 18.1. The molecular formula is C22H27NO6S. The second-order valence-corrected chi connectivity index (χ2v) is 8.90. The van der Waals surface area contributed by atoms with Crippen molar-refractivity contribution in [2.75, 3.05) is 26.4 Å². The summed E-state index contributed by atoms with van der Waals surface area (Å²) in [5.74, 6) is 0.852. The van der Waals surface area contributed by atoms with Crippen LogP contribution in [0.25, 0.3) is 0 Å². The Hall–Kier alpha value is -2.58. The highest BCUT2D eigenvalue weighted by Crippen LogP contribution is 2.27. The summed E-state index contributed by atoms with van der Waals surface area (Å²) >= 11 is 0. The topological polar surface area (TPSA) is 82.1 Å². The summed E-state index contributed by atoms with van der Waals surface area (Å²) in [5, 5.41) is 0. The lowest BCUT2D eigenvalue weighted by molar-refractivity contribution is -0.148. The van der Waals surface area contributed by atoms with Crippen molar-refractivity contribution in [2.45, 2.75) is 37.6 Å². The van der Waals surface area contributed by atoms with Crippen LogP contribution >= 0.6 is 0 Å². The van der Waals surface area contributed by atoms with E-state index in [0.29, 0.717) is 31.7 Å². The van der Waals surface area contributed by atoms with Gasteiger partial charge in [0.25, 0.3) is 0 Å². The average molecular weight is 434 g/mol. The maximum absolute atomic E-state index is 12.9. The summed E-state index contributed by atoms with van der Waals surface area (Å²) in [5.41, 5.74) is 0.971. The first kappa shape index (κ1) is 22.1. The highest BCUT2D eigenvalue weighted by Gasteiger charge is 2.40. The van der Waals surface area contributed by atoms with Crippen molar-refractivity contribution in [1.82, 2.24) is 4.31 Å². The van der Waals surface area contributed by atoms with Gasteiger partial charge in [-0.3, -0.25) is 4.79 Å². The Morgan fingerprint density at radius 1 is 1.00 bits per heavy atom. The van der Waals surface area contributed by atoms with Gasteiger partial charge in [-0.05, 0) is 63.1 Å². The number of rotatable bonds is 9. The molecule has 0 amide bonds. The number of nitrogens with zero attached hydrogens (tertiary/aromatic N) is 1. The first-order valence-corrected chi connectivity index (χ1v) is 11.5.